The molecule has 0 amide bonds. The van der Waals surface area contributed by atoms with Crippen molar-refractivity contribution in [1.29, 1.82) is 0 Å². The topological polar surface area (TPSA) is 102 Å². The van der Waals surface area contributed by atoms with Crippen molar-refractivity contribution < 1.29 is 51.5 Å². The van der Waals surface area contributed by atoms with Crippen molar-refractivity contribution in [2.45, 2.75) is 172 Å². The van der Waals surface area contributed by atoms with E-state index < -0.39 is 78.0 Å². The maximum atomic E-state index is 7.66. The lowest BCUT2D eigenvalue weighted by atomic mass is 9.95. The lowest BCUT2D eigenvalue weighted by Gasteiger charge is -2.51. The van der Waals surface area contributed by atoms with E-state index in [1.54, 1.807) is 6.08 Å². The van der Waals surface area contributed by atoms with Gasteiger partial charge in [0, 0.05) is 0 Å². The fourth-order valence-corrected chi connectivity index (χ4v) is 10.6. The highest BCUT2D eigenvalue weighted by Gasteiger charge is 2.55. The molecule has 5 aromatic carbocycles. The molecular formula is C62H84O11Si2. The Balaban J connectivity index is 1.36. The predicted octanol–water partition coefficient (Wildman–Crippen LogP) is 13.0. The lowest BCUT2D eigenvalue weighted by molar-refractivity contribution is -0.375. The monoisotopic (exact) mass is 1060 g/mol. The van der Waals surface area contributed by atoms with Gasteiger partial charge in [0.15, 0.2) is 29.2 Å². The highest BCUT2D eigenvalue weighted by atomic mass is 28.4. The quantitative estimate of drug-likeness (QED) is 0.0391. The van der Waals surface area contributed by atoms with Crippen LogP contribution in [0.5, 0.6) is 0 Å². The molecule has 11 nitrogen and oxygen atoms in total. The molecule has 0 aromatic heterocycles. The van der Waals surface area contributed by atoms with Crippen molar-refractivity contribution in [1.82, 2.24) is 0 Å². The summed E-state index contributed by atoms with van der Waals surface area (Å²) in [6.45, 7) is 28.3. The summed E-state index contributed by atoms with van der Waals surface area (Å²) >= 11 is 0. The van der Waals surface area contributed by atoms with E-state index in [0.717, 1.165) is 27.8 Å². The molecule has 0 N–H and O–H groups in total. The molecule has 13 heteroatoms. The van der Waals surface area contributed by atoms with E-state index in [1.165, 1.54) is 0 Å². The SMILES string of the molecule is C=CCO[C@H]1O[C@H](CO[Si](C)(C)C(C)(C)C)[C@@H](O[C@@H]2O[C@H](CO[Si](C)(C)C(C)(C)C)[C@@H](OCc3ccccc3)[C@H](OCc3ccccc3)[C@H]2OCc2ccccc2)[C@H](OCc2ccccc2)[C@H]1OCc1ccccc1. The second kappa shape index (κ2) is 27.4. The van der Waals surface area contributed by atoms with Gasteiger partial charge in [0.1, 0.15) is 48.8 Å². The van der Waals surface area contributed by atoms with Crippen LogP contribution >= 0.6 is 0 Å². The van der Waals surface area contributed by atoms with Crippen LogP contribution in [-0.4, -0.2) is 97.9 Å². The first-order valence-corrected chi connectivity index (χ1v) is 32.5. The number of benzene rings is 5. The first-order valence-electron chi connectivity index (χ1n) is 26.7. The Morgan fingerprint density at radius 3 is 1.04 bits per heavy atom. The number of ether oxygens (including phenoxy) is 9. The summed E-state index contributed by atoms with van der Waals surface area (Å²) in [4.78, 5) is 0. The molecule has 0 radical (unpaired) electrons. The third-order valence-electron chi connectivity index (χ3n) is 15.1. The molecule has 2 saturated heterocycles. The fourth-order valence-electron chi connectivity index (χ4n) is 8.53. The molecule has 5 aromatic rings. The van der Waals surface area contributed by atoms with Gasteiger partial charge in [0.25, 0.3) is 0 Å². The Hall–Kier alpha value is -4.17. The van der Waals surface area contributed by atoms with Crippen LogP contribution in [0.2, 0.25) is 36.3 Å². The van der Waals surface area contributed by atoms with Crippen LogP contribution in [0.3, 0.4) is 0 Å². The van der Waals surface area contributed by atoms with E-state index in [2.05, 4.69) is 98.6 Å². The molecule has 0 saturated carbocycles. The van der Waals surface area contributed by atoms with E-state index in [9.17, 15) is 0 Å². The molecule has 10 atom stereocenters. The van der Waals surface area contributed by atoms with Gasteiger partial charge in [0.05, 0.1) is 52.9 Å². The average Bonchev–Trinajstić information content (AvgIpc) is 3.40. The molecule has 2 heterocycles. The maximum Gasteiger partial charge on any atom is 0.192 e. The molecule has 2 fully saturated rings. The van der Waals surface area contributed by atoms with Gasteiger partial charge in [-0.15, -0.1) is 6.58 Å². The number of rotatable bonds is 26. The maximum absolute atomic E-state index is 7.66. The van der Waals surface area contributed by atoms with Crippen molar-refractivity contribution >= 4 is 16.6 Å². The Morgan fingerprint density at radius 2 is 0.693 bits per heavy atom. The molecule has 0 spiro atoms. The van der Waals surface area contributed by atoms with Crippen LogP contribution in [0.1, 0.15) is 69.4 Å². The van der Waals surface area contributed by atoms with E-state index in [0.29, 0.717) is 6.61 Å². The van der Waals surface area contributed by atoms with E-state index in [4.69, 9.17) is 51.5 Å². The standard InChI is InChI=1S/C62H84O11Si2/c1-12-38-63-59-57(67-42-49-34-24-16-25-35-49)56(66-41-48-32-22-15-23-33-48)54(52(71-59)45-70-75(10,11)62(5,6)7)73-60-58(68-43-50-36-26-17-27-37-50)55(65-40-47-30-20-14-21-31-47)53(64-39-46-28-18-13-19-29-46)51(72-60)44-69-74(8,9)61(2,3)4/h12-37,51-60H,1,38-45H2,2-11H3/t51-,52-,53-,54-,55+,56+,57-,58-,59+,60+/m1/s1. The van der Waals surface area contributed by atoms with Gasteiger partial charge in [-0.1, -0.05) is 199 Å². The summed E-state index contributed by atoms with van der Waals surface area (Å²) in [6.07, 6.45) is -6.35. The first kappa shape index (κ1) is 58.5. The fraction of sp³-hybridized carbons (Fsp3) is 0.484. The molecule has 0 aliphatic carbocycles. The largest absolute Gasteiger partial charge is 0.414 e. The predicted molar refractivity (Wildman–Crippen MR) is 300 cm³/mol. The second-order valence-electron chi connectivity index (χ2n) is 22.8. The Bertz CT molecular complexity index is 2400. The first-order chi connectivity index (χ1) is 35.9. The van der Waals surface area contributed by atoms with Crippen LogP contribution in [0.15, 0.2) is 164 Å². The van der Waals surface area contributed by atoms with Crippen LogP contribution < -0.4 is 0 Å². The second-order valence-corrected chi connectivity index (χ2v) is 32.4. The summed E-state index contributed by atoms with van der Waals surface area (Å²) < 4.78 is 78.4. The van der Waals surface area contributed by atoms with Gasteiger partial charge in [-0.05, 0) is 64.1 Å². The van der Waals surface area contributed by atoms with Gasteiger partial charge >= 0.3 is 0 Å². The van der Waals surface area contributed by atoms with E-state index >= 15 is 0 Å². The highest BCUT2D eigenvalue weighted by Crippen LogP contribution is 2.41. The normalized spacial score (nSPS) is 24.7. The van der Waals surface area contributed by atoms with Crippen molar-refractivity contribution in [3.63, 3.8) is 0 Å². The molecule has 406 valence electrons. The molecule has 2 aliphatic rings. The molecule has 7 rings (SSSR count). The zero-order chi connectivity index (χ0) is 53.5. The number of hydrogen-bond donors (Lipinski definition) is 0. The summed E-state index contributed by atoms with van der Waals surface area (Å²) in [5, 5.41) is -0.179. The third-order valence-corrected chi connectivity index (χ3v) is 24.1. The molecule has 75 heavy (non-hydrogen) atoms. The number of hydrogen-bond acceptors (Lipinski definition) is 11. The van der Waals surface area contributed by atoms with Crippen LogP contribution in [0.4, 0.5) is 0 Å². The lowest BCUT2D eigenvalue weighted by Crippen LogP contribution is -2.67. The van der Waals surface area contributed by atoms with Crippen LogP contribution in [0.25, 0.3) is 0 Å². The smallest absolute Gasteiger partial charge is 0.192 e. The van der Waals surface area contributed by atoms with E-state index in [1.807, 2.05) is 127 Å². The van der Waals surface area contributed by atoms with E-state index in [-0.39, 0.29) is 56.3 Å². The van der Waals surface area contributed by atoms with Gasteiger partial charge < -0.3 is 51.5 Å². The summed E-state index contributed by atoms with van der Waals surface area (Å²) in [5.41, 5.74) is 4.96. The highest BCUT2D eigenvalue weighted by molar-refractivity contribution is 6.74. The van der Waals surface area contributed by atoms with Crippen LogP contribution in [0, 0.1) is 0 Å². The van der Waals surface area contributed by atoms with Gasteiger partial charge in [-0.3, -0.25) is 0 Å². The van der Waals surface area contributed by atoms with Gasteiger partial charge in [-0.2, -0.15) is 0 Å². The minimum Gasteiger partial charge on any atom is -0.414 e. The van der Waals surface area contributed by atoms with Gasteiger partial charge in [-0.25, -0.2) is 0 Å². The minimum absolute atomic E-state index is 0.0818. The zero-order valence-electron chi connectivity index (χ0n) is 46.1. The zero-order valence-corrected chi connectivity index (χ0v) is 48.1. The van der Waals surface area contributed by atoms with Crippen LogP contribution in [-0.2, 0) is 84.5 Å². The Labute approximate surface area is 450 Å². The molecular weight excluding hydrogens is 977 g/mol. The van der Waals surface area contributed by atoms with Crippen molar-refractivity contribution in [3.8, 4) is 0 Å². The Kier molecular flexibility index (Phi) is 21.4. The molecule has 0 bridgehead atoms. The average molecular weight is 1060 g/mol. The molecule has 0 unspecified atom stereocenters. The summed E-state index contributed by atoms with van der Waals surface area (Å²) in [6, 6.07) is 50.6. The van der Waals surface area contributed by atoms with Crippen molar-refractivity contribution in [2.24, 2.45) is 0 Å². The Morgan fingerprint density at radius 1 is 0.400 bits per heavy atom. The third kappa shape index (κ3) is 16.7. The van der Waals surface area contributed by atoms with Crippen molar-refractivity contribution in [3.05, 3.63) is 192 Å². The molecule has 2 aliphatic heterocycles. The van der Waals surface area contributed by atoms with Crippen molar-refractivity contribution in [2.75, 3.05) is 19.8 Å². The van der Waals surface area contributed by atoms with Gasteiger partial charge in [0.2, 0.25) is 0 Å². The minimum atomic E-state index is -2.38. The summed E-state index contributed by atoms with van der Waals surface area (Å²) in [5.74, 6) is 0. The summed E-state index contributed by atoms with van der Waals surface area (Å²) in [7, 11) is -4.73.